The normalized spacial score (nSPS) is 11.3. The van der Waals surface area contributed by atoms with Crippen LogP contribution < -0.4 is 0 Å². The van der Waals surface area contributed by atoms with Gasteiger partial charge in [-0.1, -0.05) is 510 Å². The van der Waals surface area contributed by atoms with Crippen LogP contribution >= 0.6 is 11.3 Å². The average Bonchev–Trinajstić information content (AvgIpc) is 1.60. The van der Waals surface area contributed by atoms with Gasteiger partial charge >= 0.3 is 0 Å². The zero-order valence-electron chi connectivity index (χ0n) is 79.5. The lowest BCUT2D eigenvalue weighted by atomic mass is 9.95. The summed E-state index contributed by atoms with van der Waals surface area (Å²) < 4.78 is 16.2. The van der Waals surface area contributed by atoms with Crippen LogP contribution in [0.1, 0.15) is 0 Å². The molecule has 0 saturated carbocycles. The molecule has 0 aliphatic carbocycles. The van der Waals surface area contributed by atoms with E-state index in [2.05, 4.69) is 394 Å². The summed E-state index contributed by atoms with van der Waals surface area (Å²) in [5.41, 5.74) is 31.8. The van der Waals surface area contributed by atoms with E-state index in [1.165, 1.54) is 48.9 Å². The fourth-order valence-electron chi connectivity index (χ4n) is 19.7. The minimum atomic E-state index is 0.556. The molecular weight excluding hydrogens is 1810 g/mol. The number of nitrogens with zero attached hydrogens (tertiary/aromatic N) is 9. The third-order valence-electron chi connectivity index (χ3n) is 26.9. The van der Waals surface area contributed by atoms with E-state index in [-0.39, 0.29) is 0 Å². The highest BCUT2D eigenvalue weighted by Gasteiger charge is 2.28. The Morgan fingerprint density at radius 3 is 0.605 bits per heavy atom. The van der Waals surface area contributed by atoms with Crippen molar-refractivity contribution in [3.05, 3.63) is 528 Å². The first kappa shape index (κ1) is 88.9. The van der Waals surface area contributed by atoms with E-state index in [4.69, 9.17) is 53.7 Å². The van der Waals surface area contributed by atoms with Crippen LogP contribution in [0.2, 0.25) is 0 Å². The summed E-state index contributed by atoms with van der Waals surface area (Å²) in [6.45, 7) is 0. The SMILES string of the molecule is c1ccc(-c2ccc(-c3nc(-c4ccc(-c5ccccc5)cc4)nc(-c4ccc(-c5ccccc5)c5c4sc4c(-c6ccccc6)cccc45)n3)cc2)cc1.c1ccc(-c2ccc(-c3nc(-c4ccccc4)nc(-c4ccc(-c5ccccc5)c5c4oc4c(-c6ccccc6)cccc45)n3)cc2)cc1.c1ccc(-c2nc(-c3ccccc3)nc(-c3ccc(-c4ccccc4)c4c3oc3c(-c5ccccc5)cccc34)n2)cc1. The Kier molecular flexibility index (Phi) is 24.1. The summed E-state index contributed by atoms with van der Waals surface area (Å²) in [6.07, 6.45) is 0. The van der Waals surface area contributed by atoms with E-state index >= 15 is 0 Å². The number of thiophene rings is 1. The molecular formula is C135H87N9O2S. The van der Waals surface area contributed by atoms with Gasteiger partial charge in [-0.25, -0.2) is 44.9 Å². The summed E-state index contributed by atoms with van der Waals surface area (Å²) >= 11 is 1.82. The second-order valence-corrected chi connectivity index (χ2v) is 37.0. The van der Waals surface area contributed by atoms with Crippen molar-refractivity contribution >= 4 is 75.4 Å². The van der Waals surface area contributed by atoms with Gasteiger partial charge in [0.2, 0.25) is 0 Å². The van der Waals surface area contributed by atoms with E-state index < -0.39 is 0 Å². The molecule has 0 radical (unpaired) electrons. The predicted molar refractivity (Wildman–Crippen MR) is 605 cm³/mol. The maximum Gasteiger partial charge on any atom is 0.167 e. The van der Waals surface area contributed by atoms with Gasteiger partial charge in [0.25, 0.3) is 0 Å². The van der Waals surface area contributed by atoms with Gasteiger partial charge in [0.1, 0.15) is 22.3 Å². The molecule has 27 aromatic rings. The Morgan fingerprint density at radius 2 is 0.313 bits per heavy atom. The Labute approximate surface area is 853 Å². The van der Waals surface area contributed by atoms with Gasteiger partial charge in [-0.2, -0.15) is 0 Å². The topological polar surface area (TPSA) is 142 Å². The number of fused-ring (bicyclic) bond motifs is 9. The van der Waals surface area contributed by atoms with E-state index in [0.717, 1.165) is 165 Å². The summed E-state index contributed by atoms with van der Waals surface area (Å²) in [7, 11) is 0. The monoisotopic (exact) mass is 1900 g/mol. The summed E-state index contributed by atoms with van der Waals surface area (Å²) in [5, 5.41) is 6.61. The molecule has 0 N–H and O–H groups in total. The molecule has 0 amide bonds. The maximum absolute atomic E-state index is 6.94. The number of hydrogen-bond donors (Lipinski definition) is 0. The molecule has 11 nitrogen and oxygen atoms in total. The third-order valence-corrected chi connectivity index (χ3v) is 28.2. The van der Waals surface area contributed by atoms with E-state index in [9.17, 15) is 0 Å². The quantitative estimate of drug-likeness (QED) is 0.0810. The molecule has 6 aromatic heterocycles. The van der Waals surface area contributed by atoms with Gasteiger partial charge in [-0.05, 0) is 107 Å². The Hall–Kier alpha value is -19.5. The minimum Gasteiger partial charge on any atom is -0.455 e. The molecule has 0 aliphatic heterocycles. The number of aromatic nitrogens is 9. The molecule has 0 aliphatic rings. The molecule has 690 valence electrons. The number of hydrogen-bond acceptors (Lipinski definition) is 12. The molecule has 0 saturated heterocycles. The second-order valence-electron chi connectivity index (χ2n) is 36.0. The van der Waals surface area contributed by atoms with E-state index in [1.54, 1.807) is 0 Å². The average molecular weight is 1900 g/mol. The van der Waals surface area contributed by atoms with Crippen molar-refractivity contribution in [3.8, 4) is 203 Å². The standard InChI is InChI=1S/C51H33N3S.C45H29N3O.C39H25N3O/c1-5-14-34(15-6-1)36-24-28-40(29-25-36)49-52-50(41-30-26-37(27-31-41)35-16-7-2-8-17-35)54-51(53-49)45-33-32-42(38-18-9-3-10-19-38)46-44-23-13-22-43(47(44)55-48(45)46)39-20-11-4-12-21-39;1-5-14-30(15-6-1)31-24-26-35(27-25-31)44-46-43(34-20-11-4-12-21-34)47-45(48-44)39-29-28-36(32-16-7-2-8-17-32)40-38-23-13-22-37(41(38)49-42(39)40)33-18-9-3-10-19-33;1-5-14-26(15-6-1)30-24-25-33(36-34(30)32-23-13-22-31(35(32)43-36)27-16-7-2-8-17-27)39-41-37(28-18-9-3-10-19-28)40-38(42-39)29-20-11-4-12-21-29/h1-33H;1-29H;1-25H. The number of rotatable bonds is 18. The second kappa shape index (κ2) is 39.9. The van der Waals surface area contributed by atoms with Crippen LogP contribution in [0.15, 0.2) is 537 Å². The molecule has 0 bridgehead atoms. The summed E-state index contributed by atoms with van der Waals surface area (Å²) in [4.78, 5) is 45.8. The molecule has 0 spiro atoms. The van der Waals surface area contributed by atoms with Crippen molar-refractivity contribution in [2.75, 3.05) is 0 Å². The number of para-hydroxylation sites is 2. The van der Waals surface area contributed by atoms with Crippen LogP contribution in [0.3, 0.4) is 0 Å². The fourth-order valence-corrected chi connectivity index (χ4v) is 21.1. The van der Waals surface area contributed by atoms with Gasteiger partial charge in [-0.15, -0.1) is 11.3 Å². The van der Waals surface area contributed by atoms with Crippen LogP contribution in [0, 0.1) is 0 Å². The molecule has 27 rings (SSSR count). The lowest BCUT2D eigenvalue weighted by Gasteiger charge is -2.12. The highest BCUT2D eigenvalue weighted by atomic mass is 32.1. The van der Waals surface area contributed by atoms with Crippen molar-refractivity contribution in [1.29, 1.82) is 0 Å². The zero-order chi connectivity index (χ0) is 97.7. The van der Waals surface area contributed by atoms with E-state index in [0.29, 0.717) is 52.4 Å². The van der Waals surface area contributed by atoms with Crippen LogP contribution in [-0.2, 0) is 0 Å². The van der Waals surface area contributed by atoms with Crippen molar-refractivity contribution in [1.82, 2.24) is 44.9 Å². The predicted octanol–water partition coefficient (Wildman–Crippen LogP) is 35.8. The number of furan rings is 2. The van der Waals surface area contributed by atoms with Gasteiger partial charge < -0.3 is 8.83 Å². The Morgan fingerprint density at radius 1 is 0.116 bits per heavy atom. The highest BCUT2D eigenvalue weighted by molar-refractivity contribution is 7.27. The molecule has 12 heteroatoms. The molecule has 147 heavy (non-hydrogen) atoms. The van der Waals surface area contributed by atoms with Gasteiger partial charge in [-0.3, -0.25) is 0 Å². The van der Waals surface area contributed by atoms with Crippen LogP contribution in [-0.4, -0.2) is 44.9 Å². The summed E-state index contributed by atoms with van der Waals surface area (Å²) in [6, 6.07) is 182. The van der Waals surface area contributed by atoms with Gasteiger partial charge in [0.15, 0.2) is 52.4 Å². The fraction of sp³-hybridized carbons (Fsp3) is 0. The van der Waals surface area contributed by atoms with Crippen molar-refractivity contribution < 1.29 is 8.83 Å². The van der Waals surface area contributed by atoms with E-state index in [1.807, 2.05) is 145 Å². The molecule has 0 atom stereocenters. The number of benzene rings is 21. The van der Waals surface area contributed by atoms with Crippen LogP contribution in [0.5, 0.6) is 0 Å². The highest BCUT2D eigenvalue weighted by Crippen LogP contribution is 2.51. The van der Waals surface area contributed by atoms with Gasteiger partial charge in [0.05, 0.1) is 11.1 Å². The first-order chi connectivity index (χ1) is 72.9. The summed E-state index contributed by atoms with van der Waals surface area (Å²) in [5.74, 6) is 5.49. The van der Waals surface area contributed by atoms with Crippen LogP contribution in [0.4, 0.5) is 0 Å². The molecule has 6 heterocycles. The van der Waals surface area contributed by atoms with Gasteiger partial charge in [0, 0.05) is 91.8 Å². The largest absolute Gasteiger partial charge is 0.455 e. The van der Waals surface area contributed by atoms with Crippen molar-refractivity contribution in [2.24, 2.45) is 0 Å². The Balaban J connectivity index is 0.000000116. The smallest absolute Gasteiger partial charge is 0.167 e. The lowest BCUT2D eigenvalue weighted by molar-refractivity contribution is 0.670. The minimum absolute atomic E-state index is 0.556. The van der Waals surface area contributed by atoms with Crippen molar-refractivity contribution in [3.63, 3.8) is 0 Å². The lowest BCUT2D eigenvalue weighted by Crippen LogP contribution is -2.00. The first-order valence-corrected chi connectivity index (χ1v) is 49.9. The third kappa shape index (κ3) is 17.8. The van der Waals surface area contributed by atoms with Crippen molar-refractivity contribution in [2.45, 2.75) is 0 Å². The maximum atomic E-state index is 6.94. The zero-order valence-corrected chi connectivity index (χ0v) is 80.3. The molecule has 0 fully saturated rings. The first-order valence-electron chi connectivity index (χ1n) is 49.1. The Bertz CT molecular complexity index is 9270. The van der Waals surface area contributed by atoms with Crippen LogP contribution in [0.25, 0.3) is 267 Å². The molecule has 0 unspecified atom stereocenters. The molecule has 21 aromatic carbocycles.